The molecule has 0 amide bonds. The fraction of sp³-hybridized carbons (Fsp3) is 0.400. The SMILES string of the molecule is Cc1ccc(C(CN)CP(=O)(O)O)cc1. The Morgan fingerprint density at radius 2 is 1.87 bits per heavy atom. The van der Waals surface area contributed by atoms with E-state index in [1.165, 1.54) is 0 Å². The van der Waals surface area contributed by atoms with Gasteiger partial charge in [-0.05, 0) is 19.0 Å². The van der Waals surface area contributed by atoms with E-state index in [9.17, 15) is 4.57 Å². The molecule has 0 saturated heterocycles. The van der Waals surface area contributed by atoms with Crippen LogP contribution in [-0.4, -0.2) is 22.5 Å². The minimum absolute atomic E-state index is 0.188. The number of hydrogen-bond acceptors (Lipinski definition) is 2. The molecule has 0 bridgehead atoms. The van der Waals surface area contributed by atoms with Gasteiger partial charge < -0.3 is 15.5 Å². The van der Waals surface area contributed by atoms with Crippen molar-refractivity contribution < 1.29 is 14.4 Å². The molecule has 0 aliphatic carbocycles. The third kappa shape index (κ3) is 4.14. The average Bonchev–Trinajstić information content (AvgIpc) is 2.14. The summed E-state index contributed by atoms with van der Waals surface area (Å²) in [4.78, 5) is 17.8. The van der Waals surface area contributed by atoms with Gasteiger partial charge in [0.2, 0.25) is 0 Å². The Morgan fingerprint density at radius 1 is 1.33 bits per heavy atom. The van der Waals surface area contributed by atoms with Gasteiger partial charge in [0.25, 0.3) is 0 Å². The fourth-order valence-corrected chi connectivity index (χ4v) is 2.38. The Labute approximate surface area is 89.3 Å². The maximum Gasteiger partial charge on any atom is 0.326 e. The molecule has 0 radical (unpaired) electrons. The Kier molecular flexibility index (Phi) is 4.05. The standard InChI is InChI=1S/C10H16NO3P/c1-8-2-4-9(5-3-8)10(6-11)7-15(12,13)14/h2-5,10H,6-7,11H2,1H3,(H2,12,13,14). The van der Waals surface area contributed by atoms with Gasteiger partial charge in [0, 0.05) is 5.92 Å². The molecule has 0 aliphatic rings. The van der Waals surface area contributed by atoms with Gasteiger partial charge in [-0.2, -0.15) is 0 Å². The van der Waals surface area contributed by atoms with Crippen molar-refractivity contribution in [2.45, 2.75) is 12.8 Å². The largest absolute Gasteiger partial charge is 0.330 e. The van der Waals surface area contributed by atoms with Crippen molar-refractivity contribution in [3.63, 3.8) is 0 Å². The number of benzene rings is 1. The van der Waals surface area contributed by atoms with Crippen LogP contribution in [-0.2, 0) is 4.57 Å². The van der Waals surface area contributed by atoms with Crippen LogP contribution in [0.1, 0.15) is 17.0 Å². The van der Waals surface area contributed by atoms with Gasteiger partial charge in [-0.3, -0.25) is 4.57 Å². The zero-order valence-electron chi connectivity index (χ0n) is 8.63. The molecule has 0 fully saturated rings. The topological polar surface area (TPSA) is 83.6 Å². The van der Waals surface area contributed by atoms with Crippen LogP contribution in [0.25, 0.3) is 0 Å². The van der Waals surface area contributed by atoms with Gasteiger partial charge >= 0.3 is 7.60 Å². The quantitative estimate of drug-likeness (QED) is 0.678. The zero-order valence-corrected chi connectivity index (χ0v) is 9.52. The van der Waals surface area contributed by atoms with Crippen molar-refractivity contribution in [2.75, 3.05) is 12.7 Å². The monoisotopic (exact) mass is 229 g/mol. The lowest BCUT2D eigenvalue weighted by Gasteiger charge is -2.16. The Hall–Kier alpha value is -0.670. The second-order valence-corrected chi connectivity index (χ2v) is 5.39. The van der Waals surface area contributed by atoms with Gasteiger partial charge in [-0.25, -0.2) is 0 Å². The van der Waals surface area contributed by atoms with Crippen molar-refractivity contribution in [3.8, 4) is 0 Å². The van der Waals surface area contributed by atoms with Crippen molar-refractivity contribution in [1.29, 1.82) is 0 Å². The lowest BCUT2D eigenvalue weighted by molar-refractivity contribution is 0.369. The summed E-state index contributed by atoms with van der Waals surface area (Å²) in [6, 6.07) is 7.56. The van der Waals surface area contributed by atoms with Crippen LogP contribution >= 0.6 is 7.60 Å². The third-order valence-electron chi connectivity index (χ3n) is 2.29. The summed E-state index contributed by atoms with van der Waals surface area (Å²) in [5.74, 6) is -0.272. The predicted molar refractivity (Wildman–Crippen MR) is 59.9 cm³/mol. The first-order chi connectivity index (χ1) is 6.92. The van der Waals surface area contributed by atoms with E-state index < -0.39 is 7.60 Å². The summed E-state index contributed by atoms with van der Waals surface area (Å²) in [5.41, 5.74) is 7.50. The van der Waals surface area contributed by atoms with Crippen molar-refractivity contribution in [3.05, 3.63) is 35.4 Å². The maximum absolute atomic E-state index is 10.9. The number of hydrogen-bond donors (Lipinski definition) is 3. The second kappa shape index (κ2) is 4.90. The van der Waals surface area contributed by atoms with E-state index in [2.05, 4.69) is 0 Å². The van der Waals surface area contributed by atoms with Gasteiger partial charge in [0.05, 0.1) is 6.16 Å². The van der Waals surface area contributed by atoms with Gasteiger partial charge in [-0.1, -0.05) is 29.8 Å². The van der Waals surface area contributed by atoms with E-state index in [1.54, 1.807) is 0 Å². The molecule has 0 aliphatic heterocycles. The molecule has 1 aromatic carbocycles. The molecule has 4 N–H and O–H groups in total. The Balaban J connectivity index is 2.83. The van der Waals surface area contributed by atoms with E-state index >= 15 is 0 Å². The molecule has 0 saturated carbocycles. The van der Waals surface area contributed by atoms with Crippen LogP contribution in [0.2, 0.25) is 0 Å². The highest BCUT2D eigenvalue weighted by Gasteiger charge is 2.21. The first kappa shape index (κ1) is 12.4. The molecule has 5 heteroatoms. The Bertz CT molecular complexity index is 357. The van der Waals surface area contributed by atoms with Crippen molar-refractivity contribution in [1.82, 2.24) is 0 Å². The summed E-state index contributed by atoms with van der Waals surface area (Å²) in [5, 5.41) is 0. The molecule has 1 atom stereocenters. The summed E-state index contributed by atoms with van der Waals surface area (Å²) >= 11 is 0. The lowest BCUT2D eigenvalue weighted by atomic mass is 10.0. The lowest BCUT2D eigenvalue weighted by Crippen LogP contribution is -2.16. The number of nitrogens with two attached hydrogens (primary N) is 1. The third-order valence-corrected chi connectivity index (χ3v) is 3.21. The van der Waals surface area contributed by atoms with Gasteiger partial charge in [0.15, 0.2) is 0 Å². The minimum atomic E-state index is -4.00. The van der Waals surface area contributed by atoms with Crippen LogP contribution in [0.15, 0.2) is 24.3 Å². The molecular formula is C10H16NO3P. The fourth-order valence-electron chi connectivity index (χ4n) is 1.44. The van der Waals surface area contributed by atoms with E-state index in [1.807, 2.05) is 31.2 Å². The predicted octanol–water partition coefficient (Wildman–Crippen LogP) is 1.22. The first-order valence-corrected chi connectivity index (χ1v) is 6.53. The minimum Gasteiger partial charge on any atom is -0.330 e. The molecule has 1 rings (SSSR count). The molecule has 0 spiro atoms. The first-order valence-electron chi connectivity index (χ1n) is 4.73. The summed E-state index contributed by atoms with van der Waals surface area (Å²) in [6.45, 7) is 2.21. The molecule has 84 valence electrons. The summed E-state index contributed by atoms with van der Waals surface area (Å²) < 4.78 is 10.9. The van der Waals surface area contributed by atoms with Crippen LogP contribution < -0.4 is 5.73 Å². The van der Waals surface area contributed by atoms with E-state index in [4.69, 9.17) is 15.5 Å². The maximum atomic E-state index is 10.9. The number of aryl methyl sites for hydroxylation is 1. The normalized spacial score (nSPS) is 13.9. The number of rotatable bonds is 4. The van der Waals surface area contributed by atoms with Crippen LogP contribution in [0.5, 0.6) is 0 Å². The molecule has 0 aromatic heterocycles. The highest BCUT2D eigenvalue weighted by atomic mass is 31.2. The van der Waals surface area contributed by atoms with E-state index in [0.717, 1.165) is 11.1 Å². The molecule has 0 heterocycles. The van der Waals surface area contributed by atoms with Crippen LogP contribution in [0, 0.1) is 6.92 Å². The molecule has 4 nitrogen and oxygen atoms in total. The van der Waals surface area contributed by atoms with Crippen LogP contribution in [0.4, 0.5) is 0 Å². The summed E-state index contributed by atoms with van der Waals surface area (Å²) in [7, 11) is -4.00. The molecule has 15 heavy (non-hydrogen) atoms. The molecule has 1 unspecified atom stereocenters. The summed E-state index contributed by atoms with van der Waals surface area (Å²) in [6.07, 6.45) is -0.188. The molecule has 1 aromatic rings. The van der Waals surface area contributed by atoms with E-state index in [-0.39, 0.29) is 18.6 Å². The van der Waals surface area contributed by atoms with Crippen LogP contribution in [0.3, 0.4) is 0 Å². The van der Waals surface area contributed by atoms with Gasteiger partial charge in [0.1, 0.15) is 0 Å². The van der Waals surface area contributed by atoms with E-state index in [0.29, 0.717) is 0 Å². The molecular weight excluding hydrogens is 213 g/mol. The average molecular weight is 229 g/mol. The highest BCUT2D eigenvalue weighted by Crippen LogP contribution is 2.39. The Morgan fingerprint density at radius 3 is 2.27 bits per heavy atom. The smallest absolute Gasteiger partial charge is 0.326 e. The van der Waals surface area contributed by atoms with Crippen molar-refractivity contribution in [2.24, 2.45) is 5.73 Å². The zero-order chi connectivity index (χ0) is 11.5. The van der Waals surface area contributed by atoms with Gasteiger partial charge in [-0.15, -0.1) is 0 Å². The van der Waals surface area contributed by atoms with Crippen molar-refractivity contribution >= 4 is 7.60 Å². The highest BCUT2D eigenvalue weighted by molar-refractivity contribution is 7.51. The second-order valence-electron chi connectivity index (χ2n) is 3.69.